The van der Waals surface area contributed by atoms with Crippen molar-refractivity contribution in [1.29, 1.82) is 0 Å². The molecule has 0 saturated carbocycles. The first kappa shape index (κ1) is 25.0. The summed E-state index contributed by atoms with van der Waals surface area (Å²) < 4.78 is 5.83. The zero-order valence-electron chi connectivity index (χ0n) is 20.6. The van der Waals surface area contributed by atoms with E-state index in [4.69, 9.17) is 4.74 Å². The second-order valence-corrected chi connectivity index (χ2v) is 10.8. The van der Waals surface area contributed by atoms with Gasteiger partial charge in [0.2, 0.25) is 17.6 Å². The number of nitrogens with zero attached hydrogens (tertiary/aromatic N) is 5. The first-order chi connectivity index (χ1) is 16.7. The Bertz CT molecular complexity index is 1130. The maximum Gasteiger partial charge on any atom is 0.248 e. The van der Waals surface area contributed by atoms with Gasteiger partial charge in [0.25, 0.3) is 0 Å². The minimum atomic E-state index is -0.772. The molecule has 0 bridgehead atoms. The molecule has 9 nitrogen and oxygen atoms in total. The molecule has 0 radical (unpaired) electrons. The average molecular weight is 497 g/mol. The predicted molar refractivity (Wildman–Crippen MR) is 134 cm³/mol. The maximum atomic E-state index is 13.7. The Hall–Kier alpha value is -3.11. The van der Waals surface area contributed by atoms with E-state index in [2.05, 4.69) is 20.7 Å². The summed E-state index contributed by atoms with van der Waals surface area (Å²) in [5.74, 6) is -0.0437. The lowest BCUT2D eigenvalue weighted by Gasteiger charge is -2.34. The summed E-state index contributed by atoms with van der Waals surface area (Å²) in [7, 11) is 0. The number of carbonyl (C=O) groups is 2. The second kappa shape index (κ2) is 10.7. The van der Waals surface area contributed by atoms with E-state index in [0.29, 0.717) is 19.0 Å². The van der Waals surface area contributed by atoms with Crippen molar-refractivity contribution in [2.75, 3.05) is 13.2 Å². The molecule has 4 rings (SSSR count). The Labute approximate surface area is 209 Å². The second-order valence-electron chi connectivity index (χ2n) is 9.85. The highest BCUT2D eigenvalue weighted by Crippen LogP contribution is 2.28. The standard InChI is InChI=1S/C25H32N6O3S/c1-17-9-11-18(12-10-17)23-27-29-31(28-23)16-21(32)30(15-19-7-5-13-34-19)22(20-8-6-14-35-20)24(33)26-25(2,3)4/h6,8-12,14,19,22H,5,7,13,15-16H2,1-4H3,(H,26,33)/t19-,22-/m0/s1. The van der Waals surface area contributed by atoms with Crippen molar-refractivity contribution in [2.24, 2.45) is 0 Å². The molecule has 0 aliphatic carbocycles. The van der Waals surface area contributed by atoms with Crippen molar-refractivity contribution in [1.82, 2.24) is 30.4 Å². The van der Waals surface area contributed by atoms with Crippen molar-refractivity contribution in [3.8, 4) is 11.4 Å². The monoisotopic (exact) mass is 496 g/mol. The van der Waals surface area contributed by atoms with Gasteiger partial charge in [0.1, 0.15) is 12.6 Å². The van der Waals surface area contributed by atoms with Crippen LogP contribution in [-0.2, 0) is 20.9 Å². The van der Waals surface area contributed by atoms with Crippen LogP contribution in [-0.4, -0.2) is 61.7 Å². The largest absolute Gasteiger partial charge is 0.376 e. The van der Waals surface area contributed by atoms with Gasteiger partial charge in [-0.25, -0.2) is 0 Å². The first-order valence-electron chi connectivity index (χ1n) is 11.8. The molecular weight excluding hydrogens is 464 g/mol. The zero-order chi connectivity index (χ0) is 25.0. The summed E-state index contributed by atoms with van der Waals surface area (Å²) in [6.07, 6.45) is 1.67. The molecule has 1 aliphatic rings. The average Bonchev–Trinajstić information content (AvgIpc) is 3.56. The van der Waals surface area contributed by atoms with Crippen LogP contribution in [0.3, 0.4) is 0 Å². The first-order valence-corrected chi connectivity index (χ1v) is 12.7. The minimum absolute atomic E-state index is 0.115. The molecule has 2 atom stereocenters. The van der Waals surface area contributed by atoms with Gasteiger partial charge in [0.05, 0.1) is 6.10 Å². The zero-order valence-corrected chi connectivity index (χ0v) is 21.4. The SMILES string of the molecule is Cc1ccc(-c2nnn(CC(=O)N(C[C@@H]3CCCO3)[C@H](C(=O)NC(C)(C)C)c3cccs3)n2)cc1. The molecule has 2 aromatic heterocycles. The van der Waals surface area contributed by atoms with Gasteiger partial charge in [-0.3, -0.25) is 9.59 Å². The minimum Gasteiger partial charge on any atom is -0.376 e. The predicted octanol–water partition coefficient (Wildman–Crippen LogP) is 3.37. The summed E-state index contributed by atoms with van der Waals surface area (Å²) in [6, 6.07) is 10.8. The number of aryl methyl sites for hydroxylation is 1. The van der Waals surface area contributed by atoms with Crippen LogP contribution >= 0.6 is 11.3 Å². The van der Waals surface area contributed by atoms with E-state index in [1.54, 1.807) is 4.90 Å². The smallest absolute Gasteiger partial charge is 0.248 e. The van der Waals surface area contributed by atoms with Crippen LogP contribution in [0.25, 0.3) is 11.4 Å². The van der Waals surface area contributed by atoms with E-state index in [-0.39, 0.29) is 24.5 Å². The summed E-state index contributed by atoms with van der Waals surface area (Å²) >= 11 is 1.45. The number of aromatic nitrogens is 4. The lowest BCUT2D eigenvalue weighted by atomic mass is 10.1. The number of carbonyl (C=O) groups excluding carboxylic acids is 2. The highest BCUT2D eigenvalue weighted by molar-refractivity contribution is 7.10. The Balaban J connectivity index is 1.60. The number of nitrogens with one attached hydrogen (secondary N) is 1. The molecule has 186 valence electrons. The van der Waals surface area contributed by atoms with Gasteiger partial charge in [-0.1, -0.05) is 35.9 Å². The molecule has 1 fully saturated rings. The van der Waals surface area contributed by atoms with Crippen LogP contribution in [0.5, 0.6) is 0 Å². The molecule has 0 spiro atoms. The van der Waals surface area contributed by atoms with Crippen LogP contribution in [0.1, 0.15) is 50.1 Å². The molecule has 3 aromatic rings. The number of benzene rings is 1. The highest BCUT2D eigenvalue weighted by Gasteiger charge is 2.36. The number of tetrazole rings is 1. The van der Waals surface area contributed by atoms with Crippen LogP contribution in [0.2, 0.25) is 0 Å². The van der Waals surface area contributed by atoms with Crippen LogP contribution < -0.4 is 5.32 Å². The molecule has 1 aromatic carbocycles. The third-order valence-corrected chi connectivity index (χ3v) is 6.58. The quantitative estimate of drug-likeness (QED) is 0.513. The summed E-state index contributed by atoms with van der Waals surface area (Å²) in [4.78, 5) is 30.8. The van der Waals surface area contributed by atoms with Gasteiger partial charge in [-0.15, -0.1) is 21.5 Å². The summed E-state index contributed by atoms with van der Waals surface area (Å²) in [6.45, 7) is 8.64. The lowest BCUT2D eigenvalue weighted by molar-refractivity contribution is -0.144. The van der Waals surface area contributed by atoms with Gasteiger partial charge in [-0.2, -0.15) is 4.80 Å². The van der Waals surface area contributed by atoms with Crippen LogP contribution in [0.4, 0.5) is 0 Å². The number of rotatable bonds is 8. The number of hydrogen-bond acceptors (Lipinski definition) is 7. The van der Waals surface area contributed by atoms with Gasteiger partial charge in [0, 0.05) is 29.1 Å². The number of hydrogen-bond donors (Lipinski definition) is 1. The molecule has 0 unspecified atom stereocenters. The topological polar surface area (TPSA) is 102 Å². The Kier molecular flexibility index (Phi) is 7.61. The highest BCUT2D eigenvalue weighted by atomic mass is 32.1. The number of ether oxygens (including phenoxy) is 1. The third kappa shape index (κ3) is 6.52. The fourth-order valence-corrected chi connectivity index (χ4v) is 4.84. The summed E-state index contributed by atoms with van der Waals surface area (Å²) in [5.41, 5.74) is 1.52. The fourth-order valence-electron chi connectivity index (χ4n) is 4.01. The van der Waals surface area contributed by atoms with E-state index < -0.39 is 11.6 Å². The Morgan fingerprint density at radius 2 is 2.03 bits per heavy atom. The van der Waals surface area contributed by atoms with E-state index >= 15 is 0 Å². The molecule has 1 N–H and O–H groups in total. The van der Waals surface area contributed by atoms with Gasteiger partial charge in [0.15, 0.2) is 0 Å². The Morgan fingerprint density at radius 3 is 2.66 bits per heavy atom. The van der Waals surface area contributed by atoms with Gasteiger partial charge < -0.3 is 15.0 Å². The van der Waals surface area contributed by atoms with Crippen molar-refractivity contribution in [2.45, 2.75) is 64.8 Å². The van der Waals surface area contributed by atoms with E-state index in [9.17, 15) is 9.59 Å². The number of amides is 2. The fraction of sp³-hybridized carbons (Fsp3) is 0.480. The molecule has 35 heavy (non-hydrogen) atoms. The van der Waals surface area contributed by atoms with E-state index in [1.165, 1.54) is 16.1 Å². The molecular formula is C25H32N6O3S. The Morgan fingerprint density at radius 1 is 1.26 bits per heavy atom. The normalized spacial score (nSPS) is 16.7. The van der Waals surface area contributed by atoms with Gasteiger partial charge in [-0.05, 0) is 57.2 Å². The van der Waals surface area contributed by atoms with Crippen molar-refractivity contribution in [3.63, 3.8) is 0 Å². The molecule has 3 heterocycles. The van der Waals surface area contributed by atoms with Crippen molar-refractivity contribution >= 4 is 23.2 Å². The maximum absolute atomic E-state index is 13.7. The molecule has 1 aliphatic heterocycles. The summed E-state index contributed by atoms with van der Waals surface area (Å²) in [5, 5.41) is 17.6. The third-order valence-electron chi connectivity index (χ3n) is 5.65. The number of thiophene rings is 1. The van der Waals surface area contributed by atoms with Crippen molar-refractivity contribution < 1.29 is 14.3 Å². The van der Waals surface area contributed by atoms with E-state index in [0.717, 1.165) is 28.8 Å². The molecule has 2 amide bonds. The molecule has 10 heteroatoms. The molecule has 1 saturated heterocycles. The van der Waals surface area contributed by atoms with Gasteiger partial charge >= 0.3 is 0 Å². The van der Waals surface area contributed by atoms with Crippen molar-refractivity contribution in [3.05, 3.63) is 52.2 Å². The van der Waals surface area contributed by atoms with E-state index in [1.807, 2.05) is 69.5 Å². The van der Waals surface area contributed by atoms with Crippen LogP contribution in [0.15, 0.2) is 41.8 Å². The van der Waals surface area contributed by atoms with Crippen LogP contribution in [0, 0.1) is 6.92 Å². The lowest BCUT2D eigenvalue weighted by Crippen LogP contribution is -2.51.